The molecule has 0 rings (SSSR count). The molecule has 25 heavy (non-hydrogen) atoms. The third-order valence-electron chi connectivity index (χ3n) is 5.01. The van der Waals surface area contributed by atoms with Crippen molar-refractivity contribution in [1.29, 1.82) is 0 Å². The Balaban J connectivity index is 3.25. The Bertz CT molecular complexity index is 299. The molecule has 0 aromatic heterocycles. The SMILES string of the molecule is CCCCCCCCC#CC(O)CCCCCCCCCCCCC. The average molecular weight is 351 g/mol. The van der Waals surface area contributed by atoms with Gasteiger partial charge in [-0.1, -0.05) is 116 Å². The van der Waals surface area contributed by atoms with Gasteiger partial charge in [0.2, 0.25) is 0 Å². The van der Waals surface area contributed by atoms with E-state index in [0.717, 1.165) is 19.3 Å². The lowest BCUT2D eigenvalue weighted by Crippen LogP contribution is -2.02. The van der Waals surface area contributed by atoms with Crippen LogP contribution in [0.25, 0.3) is 0 Å². The van der Waals surface area contributed by atoms with E-state index in [1.807, 2.05) is 0 Å². The third-order valence-corrected chi connectivity index (χ3v) is 5.01. The smallest absolute Gasteiger partial charge is 0.114 e. The van der Waals surface area contributed by atoms with Gasteiger partial charge in [0.1, 0.15) is 6.10 Å². The molecule has 1 heteroatoms. The van der Waals surface area contributed by atoms with E-state index < -0.39 is 6.10 Å². The van der Waals surface area contributed by atoms with Gasteiger partial charge < -0.3 is 5.11 Å². The van der Waals surface area contributed by atoms with Gasteiger partial charge in [-0.3, -0.25) is 0 Å². The highest BCUT2D eigenvalue weighted by molar-refractivity contribution is 5.04. The molecule has 0 aliphatic rings. The molecule has 0 amide bonds. The van der Waals surface area contributed by atoms with Crippen LogP contribution in [0.1, 0.15) is 136 Å². The summed E-state index contributed by atoms with van der Waals surface area (Å²) < 4.78 is 0. The number of rotatable bonds is 18. The monoisotopic (exact) mass is 350 g/mol. The van der Waals surface area contributed by atoms with Crippen molar-refractivity contribution < 1.29 is 5.11 Å². The Morgan fingerprint density at radius 1 is 0.560 bits per heavy atom. The van der Waals surface area contributed by atoms with Crippen molar-refractivity contribution in [3.05, 3.63) is 0 Å². The van der Waals surface area contributed by atoms with E-state index in [-0.39, 0.29) is 0 Å². The minimum absolute atomic E-state index is 0.390. The number of aliphatic hydroxyl groups excluding tert-OH is 1. The number of aliphatic hydroxyl groups is 1. The third kappa shape index (κ3) is 21.5. The summed E-state index contributed by atoms with van der Waals surface area (Å²) in [7, 11) is 0. The van der Waals surface area contributed by atoms with Gasteiger partial charge in [-0.15, -0.1) is 5.92 Å². The summed E-state index contributed by atoms with van der Waals surface area (Å²) in [4.78, 5) is 0. The maximum Gasteiger partial charge on any atom is 0.114 e. The van der Waals surface area contributed by atoms with Crippen molar-refractivity contribution in [2.24, 2.45) is 0 Å². The van der Waals surface area contributed by atoms with Crippen LogP contribution < -0.4 is 0 Å². The predicted octanol–water partition coefficient (Wildman–Crippen LogP) is 7.80. The summed E-state index contributed by atoms with van der Waals surface area (Å²) in [5, 5.41) is 9.89. The van der Waals surface area contributed by atoms with Crippen LogP contribution in [0.15, 0.2) is 0 Å². The lowest BCUT2D eigenvalue weighted by molar-refractivity contribution is 0.217. The molecular formula is C24H46O. The summed E-state index contributed by atoms with van der Waals surface area (Å²) in [5.74, 6) is 6.19. The topological polar surface area (TPSA) is 20.2 Å². The first-order valence-electron chi connectivity index (χ1n) is 11.5. The van der Waals surface area contributed by atoms with Gasteiger partial charge in [0, 0.05) is 6.42 Å². The van der Waals surface area contributed by atoms with Crippen LogP contribution in [0, 0.1) is 11.8 Å². The Labute approximate surface area is 159 Å². The average Bonchev–Trinajstić information content (AvgIpc) is 2.62. The van der Waals surface area contributed by atoms with E-state index in [1.54, 1.807) is 0 Å². The minimum Gasteiger partial charge on any atom is -0.380 e. The highest BCUT2D eigenvalue weighted by Gasteiger charge is 1.99. The molecule has 0 saturated heterocycles. The molecule has 0 spiro atoms. The molecule has 1 atom stereocenters. The van der Waals surface area contributed by atoms with E-state index in [0.29, 0.717) is 0 Å². The van der Waals surface area contributed by atoms with Crippen LogP contribution in [0.3, 0.4) is 0 Å². The van der Waals surface area contributed by atoms with E-state index in [1.165, 1.54) is 103 Å². The Kier molecular flexibility index (Phi) is 21.1. The van der Waals surface area contributed by atoms with E-state index in [4.69, 9.17) is 0 Å². The fourth-order valence-electron chi connectivity index (χ4n) is 3.26. The van der Waals surface area contributed by atoms with Gasteiger partial charge in [0.05, 0.1) is 0 Å². The fourth-order valence-corrected chi connectivity index (χ4v) is 3.26. The predicted molar refractivity (Wildman–Crippen MR) is 113 cm³/mol. The molecule has 0 aliphatic carbocycles. The first-order chi connectivity index (χ1) is 12.3. The molecule has 1 unspecified atom stereocenters. The van der Waals surface area contributed by atoms with Crippen LogP contribution in [0.4, 0.5) is 0 Å². The van der Waals surface area contributed by atoms with Crippen molar-refractivity contribution >= 4 is 0 Å². The first-order valence-corrected chi connectivity index (χ1v) is 11.5. The Hall–Kier alpha value is -0.480. The second-order valence-electron chi connectivity index (χ2n) is 7.68. The maximum absolute atomic E-state index is 9.89. The zero-order valence-corrected chi connectivity index (χ0v) is 17.5. The first kappa shape index (κ1) is 24.5. The molecule has 0 fully saturated rings. The summed E-state index contributed by atoms with van der Waals surface area (Å²) in [6, 6.07) is 0. The van der Waals surface area contributed by atoms with Crippen LogP contribution in [-0.4, -0.2) is 11.2 Å². The number of hydrogen-bond donors (Lipinski definition) is 1. The molecule has 0 aliphatic heterocycles. The molecule has 0 aromatic carbocycles. The zero-order chi connectivity index (χ0) is 18.4. The Morgan fingerprint density at radius 2 is 0.960 bits per heavy atom. The molecule has 0 saturated carbocycles. The van der Waals surface area contributed by atoms with Crippen LogP contribution in [0.2, 0.25) is 0 Å². The van der Waals surface area contributed by atoms with Gasteiger partial charge >= 0.3 is 0 Å². The summed E-state index contributed by atoms with van der Waals surface area (Å²) >= 11 is 0. The summed E-state index contributed by atoms with van der Waals surface area (Å²) in [6.45, 7) is 4.53. The van der Waals surface area contributed by atoms with Crippen molar-refractivity contribution in [2.75, 3.05) is 0 Å². The second kappa shape index (κ2) is 21.6. The second-order valence-corrected chi connectivity index (χ2v) is 7.68. The zero-order valence-electron chi connectivity index (χ0n) is 17.5. The molecule has 0 aromatic rings. The van der Waals surface area contributed by atoms with Crippen LogP contribution in [-0.2, 0) is 0 Å². The molecule has 148 valence electrons. The number of hydrogen-bond acceptors (Lipinski definition) is 1. The van der Waals surface area contributed by atoms with Crippen molar-refractivity contribution in [3.8, 4) is 11.8 Å². The maximum atomic E-state index is 9.89. The fraction of sp³-hybridized carbons (Fsp3) is 0.917. The van der Waals surface area contributed by atoms with Crippen molar-refractivity contribution in [2.45, 2.75) is 142 Å². The standard InChI is InChI=1S/C24H46O/c1-3-5-7-9-11-13-14-15-17-19-21-23-24(25)22-20-18-16-12-10-8-6-4-2/h24-25H,3-19,21,23H2,1-2H3. The van der Waals surface area contributed by atoms with E-state index in [2.05, 4.69) is 25.7 Å². The number of unbranched alkanes of at least 4 members (excludes halogenated alkanes) is 16. The largest absolute Gasteiger partial charge is 0.380 e. The quantitative estimate of drug-likeness (QED) is 0.197. The van der Waals surface area contributed by atoms with E-state index >= 15 is 0 Å². The van der Waals surface area contributed by atoms with Gasteiger partial charge in [-0.2, -0.15) is 0 Å². The van der Waals surface area contributed by atoms with Gasteiger partial charge in [-0.05, 0) is 19.3 Å². The molecule has 0 heterocycles. The molecular weight excluding hydrogens is 304 g/mol. The lowest BCUT2D eigenvalue weighted by atomic mass is 10.0. The van der Waals surface area contributed by atoms with Crippen molar-refractivity contribution in [1.82, 2.24) is 0 Å². The van der Waals surface area contributed by atoms with E-state index in [9.17, 15) is 5.11 Å². The summed E-state index contributed by atoms with van der Waals surface area (Å²) in [5.41, 5.74) is 0. The van der Waals surface area contributed by atoms with Gasteiger partial charge in [-0.25, -0.2) is 0 Å². The lowest BCUT2D eigenvalue weighted by Gasteiger charge is -2.04. The van der Waals surface area contributed by atoms with Crippen LogP contribution >= 0.6 is 0 Å². The highest BCUT2D eigenvalue weighted by atomic mass is 16.3. The van der Waals surface area contributed by atoms with Gasteiger partial charge in [0.25, 0.3) is 0 Å². The highest BCUT2D eigenvalue weighted by Crippen LogP contribution is 2.12. The minimum atomic E-state index is -0.390. The van der Waals surface area contributed by atoms with Crippen LogP contribution in [0.5, 0.6) is 0 Å². The molecule has 0 bridgehead atoms. The molecule has 1 nitrogen and oxygen atoms in total. The van der Waals surface area contributed by atoms with Crippen molar-refractivity contribution in [3.63, 3.8) is 0 Å². The van der Waals surface area contributed by atoms with Gasteiger partial charge in [0.15, 0.2) is 0 Å². The Morgan fingerprint density at radius 3 is 1.44 bits per heavy atom. The summed E-state index contributed by atoms with van der Waals surface area (Å²) in [6.07, 6.45) is 24.2. The molecule has 0 radical (unpaired) electrons. The molecule has 1 N–H and O–H groups in total. The normalized spacial score (nSPS) is 12.0.